The van der Waals surface area contributed by atoms with Gasteiger partial charge in [-0.3, -0.25) is 4.79 Å². The monoisotopic (exact) mass is 755 g/mol. The van der Waals surface area contributed by atoms with Crippen LogP contribution < -0.4 is 0 Å². The molecule has 0 aliphatic carbocycles. The molecule has 0 fully saturated rings. The molecule has 0 bridgehead atoms. The first-order valence-electron chi connectivity index (χ1n) is 19.8. The van der Waals surface area contributed by atoms with Crippen molar-refractivity contribution in [3.05, 3.63) is 0 Å². The molecule has 310 valence electrons. The minimum atomic E-state index is -0.997. The third-order valence-electron chi connectivity index (χ3n) is 7.55. The van der Waals surface area contributed by atoms with E-state index in [4.69, 9.17) is 57.2 Å². The summed E-state index contributed by atoms with van der Waals surface area (Å²) in [6.45, 7) is 10.7. The van der Waals surface area contributed by atoms with Crippen LogP contribution in [0.25, 0.3) is 0 Å². The Morgan fingerprint density at radius 3 is 0.885 bits per heavy atom. The Hall–Kier alpha value is -1.46. The Morgan fingerprint density at radius 1 is 0.346 bits per heavy atom. The summed E-state index contributed by atoms with van der Waals surface area (Å²) in [5.41, 5.74) is 0. The van der Waals surface area contributed by atoms with Gasteiger partial charge in [-0.05, 0) is 6.42 Å². The number of hydrogen-bond acceptors (Lipinski definition) is 13. The summed E-state index contributed by atoms with van der Waals surface area (Å²) in [5.74, 6) is -1.13. The zero-order valence-electron chi connectivity index (χ0n) is 32.5. The molecule has 0 aromatic heterocycles. The van der Waals surface area contributed by atoms with Crippen molar-refractivity contribution in [1.29, 1.82) is 0 Å². The van der Waals surface area contributed by atoms with E-state index in [1.165, 1.54) is 70.6 Å². The number of esters is 1. The number of aliphatic carboxylic acids is 1. The van der Waals surface area contributed by atoms with E-state index in [0.717, 1.165) is 12.8 Å². The third-order valence-corrected chi connectivity index (χ3v) is 7.55. The number of carboxylic acids is 1. The van der Waals surface area contributed by atoms with E-state index < -0.39 is 5.97 Å². The fraction of sp³-hybridized carbons (Fsp3) is 0.947. The van der Waals surface area contributed by atoms with Crippen LogP contribution in [0.1, 0.15) is 96.8 Å². The van der Waals surface area contributed by atoms with Gasteiger partial charge in [-0.1, -0.05) is 84.0 Å². The van der Waals surface area contributed by atoms with Gasteiger partial charge in [0.1, 0.15) is 13.2 Å². The summed E-state index contributed by atoms with van der Waals surface area (Å²) in [7, 11) is 0. The standard InChI is InChI=1S/C38H74O14/c1-2-3-4-5-6-7-8-9-10-11-12-13-14-15-38(41)52-35-34-50-31-30-48-27-26-46-23-22-44-19-18-42-16-17-43-20-21-45-24-25-47-28-29-49-32-33-51-36-37(39)40/h2-36H2,1H3,(H,39,40). The van der Waals surface area contributed by atoms with Crippen molar-refractivity contribution in [3.8, 4) is 0 Å². The summed E-state index contributed by atoms with van der Waals surface area (Å²) in [5, 5.41) is 8.43. The number of unbranched alkanes of at least 4 members (excludes halogenated alkanes) is 12. The quantitative estimate of drug-likeness (QED) is 0.0634. The number of hydrogen-bond donors (Lipinski definition) is 1. The molecule has 0 rings (SSSR count). The second-order valence-electron chi connectivity index (χ2n) is 12.2. The molecule has 52 heavy (non-hydrogen) atoms. The molecule has 0 atom stereocenters. The zero-order chi connectivity index (χ0) is 37.7. The summed E-state index contributed by atoms with van der Waals surface area (Å²) in [6.07, 6.45) is 17.3. The minimum Gasteiger partial charge on any atom is -0.480 e. The van der Waals surface area contributed by atoms with Crippen LogP contribution in [-0.4, -0.2) is 156 Å². The first kappa shape index (κ1) is 50.5. The maximum atomic E-state index is 11.9. The Kier molecular flexibility index (Phi) is 44.4. The molecule has 0 aromatic carbocycles. The van der Waals surface area contributed by atoms with E-state index >= 15 is 0 Å². The maximum Gasteiger partial charge on any atom is 0.329 e. The van der Waals surface area contributed by atoms with Crippen LogP contribution in [0.5, 0.6) is 0 Å². The molecule has 0 radical (unpaired) electrons. The topological polar surface area (TPSA) is 156 Å². The molecule has 0 amide bonds. The van der Waals surface area contributed by atoms with Crippen LogP contribution in [0.3, 0.4) is 0 Å². The lowest BCUT2D eigenvalue weighted by Gasteiger charge is -2.09. The smallest absolute Gasteiger partial charge is 0.329 e. The van der Waals surface area contributed by atoms with Crippen molar-refractivity contribution in [2.75, 3.05) is 139 Å². The van der Waals surface area contributed by atoms with E-state index in [1.807, 2.05) is 0 Å². The largest absolute Gasteiger partial charge is 0.480 e. The summed E-state index contributed by atoms with van der Waals surface area (Å²) in [4.78, 5) is 22.1. The number of ether oxygens (including phenoxy) is 11. The molecule has 14 heteroatoms. The summed E-state index contributed by atoms with van der Waals surface area (Å²) >= 11 is 0. The first-order valence-corrected chi connectivity index (χ1v) is 19.8. The molecular weight excluding hydrogens is 680 g/mol. The summed E-state index contributed by atoms with van der Waals surface area (Å²) in [6, 6.07) is 0. The highest BCUT2D eigenvalue weighted by Crippen LogP contribution is 2.13. The van der Waals surface area contributed by atoms with Gasteiger partial charge in [0.05, 0.1) is 126 Å². The second-order valence-corrected chi connectivity index (χ2v) is 12.2. The van der Waals surface area contributed by atoms with Crippen molar-refractivity contribution in [3.63, 3.8) is 0 Å². The number of carbonyl (C=O) groups is 2. The van der Waals surface area contributed by atoms with Crippen LogP contribution in [0.15, 0.2) is 0 Å². The molecule has 0 aliphatic heterocycles. The average Bonchev–Trinajstić information content (AvgIpc) is 3.13. The highest BCUT2D eigenvalue weighted by Gasteiger charge is 2.03. The van der Waals surface area contributed by atoms with Crippen LogP contribution >= 0.6 is 0 Å². The first-order chi connectivity index (χ1) is 25.7. The highest BCUT2D eigenvalue weighted by atomic mass is 16.6. The van der Waals surface area contributed by atoms with Gasteiger partial charge < -0.3 is 57.2 Å². The second kappa shape index (κ2) is 45.7. The average molecular weight is 755 g/mol. The van der Waals surface area contributed by atoms with E-state index in [9.17, 15) is 9.59 Å². The van der Waals surface area contributed by atoms with Crippen molar-refractivity contribution in [2.45, 2.75) is 96.8 Å². The predicted octanol–water partition coefficient (Wildman–Crippen LogP) is 5.26. The van der Waals surface area contributed by atoms with Crippen LogP contribution in [-0.2, 0) is 61.7 Å². The van der Waals surface area contributed by atoms with E-state index in [1.54, 1.807) is 0 Å². The van der Waals surface area contributed by atoms with Gasteiger partial charge in [0.25, 0.3) is 0 Å². The SMILES string of the molecule is CCCCCCCCCCCCCCCC(=O)OCCOCCOCCOCCOCCOCCOCCOCCOCCOCCOCC(=O)O. The normalized spacial score (nSPS) is 11.4. The van der Waals surface area contributed by atoms with Crippen molar-refractivity contribution >= 4 is 11.9 Å². The third kappa shape index (κ3) is 46.6. The Balaban J connectivity index is 3.13. The van der Waals surface area contributed by atoms with Gasteiger partial charge >= 0.3 is 11.9 Å². The van der Waals surface area contributed by atoms with Crippen molar-refractivity contribution in [1.82, 2.24) is 0 Å². The molecule has 0 unspecified atom stereocenters. The summed E-state index contributed by atoms with van der Waals surface area (Å²) < 4.78 is 59.0. The Bertz CT molecular complexity index is 715. The van der Waals surface area contributed by atoms with Crippen LogP contribution in [0, 0.1) is 0 Å². The molecule has 0 heterocycles. The number of rotatable bonds is 46. The van der Waals surface area contributed by atoms with Gasteiger partial charge in [0, 0.05) is 6.42 Å². The van der Waals surface area contributed by atoms with E-state index in [-0.39, 0.29) is 25.8 Å². The van der Waals surface area contributed by atoms with Gasteiger partial charge in [0.2, 0.25) is 0 Å². The van der Waals surface area contributed by atoms with Gasteiger partial charge in [-0.2, -0.15) is 0 Å². The molecule has 0 aliphatic rings. The lowest BCUT2D eigenvalue weighted by atomic mass is 10.0. The van der Waals surface area contributed by atoms with Gasteiger partial charge in [-0.15, -0.1) is 0 Å². The predicted molar refractivity (Wildman–Crippen MR) is 197 cm³/mol. The lowest BCUT2D eigenvalue weighted by molar-refractivity contribution is -0.145. The lowest BCUT2D eigenvalue weighted by Crippen LogP contribution is -2.16. The van der Waals surface area contributed by atoms with E-state index in [2.05, 4.69) is 6.92 Å². The van der Waals surface area contributed by atoms with Crippen LogP contribution in [0.2, 0.25) is 0 Å². The fourth-order valence-corrected chi connectivity index (χ4v) is 4.71. The van der Waals surface area contributed by atoms with Crippen molar-refractivity contribution in [2.24, 2.45) is 0 Å². The molecule has 0 spiro atoms. The van der Waals surface area contributed by atoms with Crippen LogP contribution in [0.4, 0.5) is 0 Å². The van der Waals surface area contributed by atoms with E-state index in [0.29, 0.717) is 125 Å². The van der Waals surface area contributed by atoms with Crippen molar-refractivity contribution < 1.29 is 66.8 Å². The minimum absolute atomic E-state index is 0.138. The Morgan fingerprint density at radius 2 is 0.596 bits per heavy atom. The molecule has 0 saturated carbocycles. The van der Waals surface area contributed by atoms with Gasteiger partial charge in [0.15, 0.2) is 0 Å². The fourth-order valence-electron chi connectivity index (χ4n) is 4.71. The Labute approximate surface area is 314 Å². The molecule has 0 aromatic rings. The molecular formula is C38H74O14. The number of carboxylic acid groups (broad SMARTS) is 1. The molecule has 1 N–H and O–H groups in total. The highest BCUT2D eigenvalue weighted by molar-refractivity contribution is 5.69. The molecule has 14 nitrogen and oxygen atoms in total. The van der Waals surface area contributed by atoms with Gasteiger partial charge in [-0.25, -0.2) is 4.79 Å². The zero-order valence-corrected chi connectivity index (χ0v) is 32.5. The maximum absolute atomic E-state index is 11.9. The molecule has 0 saturated heterocycles. The number of carbonyl (C=O) groups excluding carboxylic acids is 1.